The third-order valence-corrected chi connectivity index (χ3v) is 3.32. The van der Waals surface area contributed by atoms with Gasteiger partial charge in [-0.15, -0.1) is 0 Å². The zero-order chi connectivity index (χ0) is 11.7. The fourth-order valence-corrected chi connectivity index (χ4v) is 2.44. The Labute approximate surface area is 95.1 Å². The van der Waals surface area contributed by atoms with Crippen LogP contribution in [0.15, 0.2) is 24.3 Å². The van der Waals surface area contributed by atoms with Crippen molar-refractivity contribution in [3.8, 4) is 0 Å². The molecule has 1 nitrogen and oxygen atoms in total. The molecule has 0 aromatic heterocycles. The molecule has 1 aromatic rings. The van der Waals surface area contributed by atoms with Crippen LogP contribution in [0.4, 0.5) is 0 Å². The molecular weight excluding hydrogens is 203 g/mol. The Morgan fingerprint density at radius 1 is 1.07 bits per heavy atom. The molecule has 1 atom stereocenters. The Balaban J connectivity index is 0.000000442. The summed E-state index contributed by atoms with van der Waals surface area (Å²) in [4.78, 5) is 11.0. The summed E-state index contributed by atoms with van der Waals surface area (Å²) in [5.41, 5.74) is 1.24. The third kappa shape index (κ3) is 4.57. The van der Waals surface area contributed by atoms with E-state index < -0.39 is 0 Å². The molecule has 1 aliphatic rings. The lowest BCUT2D eigenvalue weighted by molar-refractivity contribution is -0.116. The van der Waals surface area contributed by atoms with Crippen molar-refractivity contribution < 1.29 is 4.79 Å². The lowest BCUT2D eigenvalue weighted by Gasteiger charge is -2.13. The van der Waals surface area contributed by atoms with Crippen LogP contribution in [0.2, 0.25) is 0 Å². The Bertz CT molecular complexity index is 294. The molecule has 0 bridgehead atoms. The molecule has 15 heavy (non-hydrogen) atoms. The van der Waals surface area contributed by atoms with E-state index in [0.29, 0.717) is 20.8 Å². The van der Waals surface area contributed by atoms with Crippen LogP contribution in [0.25, 0.3) is 0 Å². The molecular formula is C13H21OP. The summed E-state index contributed by atoms with van der Waals surface area (Å²) < 4.78 is 0. The van der Waals surface area contributed by atoms with Crippen molar-refractivity contribution in [2.24, 2.45) is 0 Å². The van der Waals surface area contributed by atoms with Crippen LogP contribution in [-0.4, -0.2) is 11.9 Å². The van der Waals surface area contributed by atoms with Crippen molar-refractivity contribution in [1.82, 2.24) is 0 Å². The Hall–Kier alpha value is -0.680. The van der Waals surface area contributed by atoms with Gasteiger partial charge in [0, 0.05) is 12.6 Å². The monoisotopic (exact) mass is 224 g/mol. The van der Waals surface area contributed by atoms with Crippen molar-refractivity contribution in [1.29, 1.82) is 0 Å². The van der Waals surface area contributed by atoms with Gasteiger partial charge in [-0.2, -0.15) is 0 Å². The van der Waals surface area contributed by atoms with Gasteiger partial charge in [0.15, 0.2) is 0 Å². The van der Waals surface area contributed by atoms with Crippen LogP contribution in [-0.2, 0) is 11.2 Å². The smallest absolute Gasteiger partial charge is 0.141 e. The number of ketones is 1. The summed E-state index contributed by atoms with van der Waals surface area (Å²) in [6.45, 7) is 8.00. The van der Waals surface area contributed by atoms with Gasteiger partial charge in [-0.1, -0.05) is 60.5 Å². The number of fused-ring (bicyclic) bond motifs is 1. The first-order valence-electron chi connectivity index (χ1n) is 5.70. The predicted octanol–water partition coefficient (Wildman–Crippen LogP) is 3.17. The van der Waals surface area contributed by atoms with E-state index >= 15 is 0 Å². The van der Waals surface area contributed by atoms with Gasteiger partial charge in [-0.05, 0) is 10.9 Å². The minimum absolute atomic E-state index is 0.391. The molecule has 0 saturated carbocycles. The highest BCUT2D eigenvalue weighted by Gasteiger charge is 2.13. The van der Waals surface area contributed by atoms with E-state index in [-0.39, 0.29) is 0 Å². The van der Waals surface area contributed by atoms with E-state index in [1.165, 1.54) is 10.9 Å². The maximum Gasteiger partial charge on any atom is 0.141 e. The van der Waals surface area contributed by atoms with Crippen molar-refractivity contribution in [3.63, 3.8) is 0 Å². The number of hydrogen-bond donors (Lipinski definition) is 0. The van der Waals surface area contributed by atoms with Crippen molar-refractivity contribution in [3.05, 3.63) is 29.8 Å². The zero-order valence-electron chi connectivity index (χ0n) is 10.1. The van der Waals surface area contributed by atoms with Gasteiger partial charge in [-0.3, -0.25) is 4.79 Å². The molecule has 2 heteroatoms. The molecule has 0 amide bonds. The van der Waals surface area contributed by atoms with Gasteiger partial charge in [-0.25, -0.2) is 0 Å². The van der Waals surface area contributed by atoms with Crippen LogP contribution in [0.3, 0.4) is 0 Å². The molecule has 84 valence electrons. The molecule has 1 unspecified atom stereocenters. The number of Topliss-reactive ketones (excluding diaryl/α,β-unsaturated/α-hetero) is 1. The van der Waals surface area contributed by atoms with Crippen molar-refractivity contribution in [2.45, 2.75) is 34.1 Å². The zero-order valence-corrected chi connectivity index (χ0v) is 11.1. The van der Waals surface area contributed by atoms with Gasteiger partial charge < -0.3 is 0 Å². The van der Waals surface area contributed by atoms with Crippen LogP contribution < -0.4 is 5.30 Å². The van der Waals surface area contributed by atoms with E-state index in [1.54, 1.807) is 0 Å². The maximum absolute atomic E-state index is 11.0. The summed E-state index contributed by atoms with van der Waals surface area (Å²) in [5, 5.41) is 1.38. The van der Waals surface area contributed by atoms with Gasteiger partial charge in [0.25, 0.3) is 0 Å². The Morgan fingerprint density at radius 2 is 1.67 bits per heavy atom. The molecule has 0 spiro atoms. The lowest BCUT2D eigenvalue weighted by Crippen LogP contribution is -2.19. The minimum atomic E-state index is 0.391. The summed E-state index contributed by atoms with van der Waals surface area (Å²) in [7, 11) is 0.704. The molecule has 0 radical (unpaired) electrons. The topological polar surface area (TPSA) is 17.1 Å². The van der Waals surface area contributed by atoms with Crippen molar-refractivity contribution in [2.75, 3.05) is 6.16 Å². The molecule has 1 aromatic carbocycles. The van der Waals surface area contributed by atoms with E-state index in [9.17, 15) is 4.79 Å². The number of rotatable bonds is 0. The van der Waals surface area contributed by atoms with E-state index in [1.807, 2.05) is 39.8 Å². The standard InChI is InChI=1S/C9H9OP.2C2H6/c10-8-5-7-3-1-2-4-9(7)11-6-8;2*1-2/h1-4,11H,5-6H2;2*1-2H3. The van der Waals surface area contributed by atoms with Gasteiger partial charge in [0.1, 0.15) is 5.78 Å². The first-order valence-corrected chi connectivity index (χ1v) is 6.90. The first kappa shape index (κ1) is 14.3. The Morgan fingerprint density at radius 3 is 2.33 bits per heavy atom. The average Bonchev–Trinajstić information content (AvgIpc) is 2.34. The van der Waals surface area contributed by atoms with Gasteiger partial charge in [0.05, 0.1) is 0 Å². The van der Waals surface area contributed by atoms with Gasteiger partial charge >= 0.3 is 0 Å². The summed E-state index contributed by atoms with van der Waals surface area (Å²) in [6, 6.07) is 8.23. The molecule has 0 saturated heterocycles. The maximum atomic E-state index is 11.0. The molecule has 2 rings (SSSR count). The van der Waals surface area contributed by atoms with Crippen LogP contribution in [0.1, 0.15) is 33.3 Å². The summed E-state index contributed by atoms with van der Waals surface area (Å²) in [6.07, 6.45) is 1.42. The van der Waals surface area contributed by atoms with Gasteiger partial charge in [0.2, 0.25) is 0 Å². The third-order valence-electron chi connectivity index (χ3n) is 1.88. The van der Waals surface area contributed by atoms with E-state index in [2.05, 4.69) is 12.1 Å². The molecule has 1 aliphatic heterocycles. The molecule has 0 N–H and O–H groups in total. The number of hydrogen-bond acceptors (Lipinski definition) is 1. The minimum Gasteiger partial charge on any atom is -0.299 e. The van der Waals surface area contributed by atoms with E-state index in [4.69, 9.17) is 0 Å². The first-order chi connectivity index (χ1) is 7.36. The van der Waals surface area contributed by atoms with Crippen LogP contribution >= 0.6 is 8.58 Å². The fraction of sp³-hybridized carbons (Fsp3) is 0.462. The van der Waals surface area contributed by atoms with E-state index in [0.717, 1.165) is 6.16 Å². The number of carbonyl (C=O) groups is 1. The second-order valence-electron chi connectivity index (χ2n) is 2.73. The normalized spacial score (nSPS) is 14.3. The summed E-state index contributed by atoms with van der Waals surface area (Å²) >= 11 is 0. The average molecular weight is 224 g/mol. The second-order valence-corrected chi connectivity index (χ2v) is 3.97. The number of carbonyl (C=O) groups excluding carboxylic acids is 1. The quantitative estimate of drug-likeness (QED) is 0.619. The molecule has 0 aliphatic carbocycles. The highest BCUT2D eigenvalue weighted by atomic mass is 31.1. The lowest BCUT2D eigenvalue weighted by atomic mass is 10.1. The predicted molar refractivity (Wildman–Crippen MR) is 70.7 cm³/mol. The summed E-state index contributed by atoms with van der Waals surface area (Å²) in [5.74, 6) is 0.391. The second kappa shape index (κ2) is 8.61. The molecule has 0 fully saturated rings. The number of benzene rings is 1. The van der Waals surface area contributed by atoms with Crippen molar-refractivity contribution >= 4 is 19.7 Å². The highest BCUT2D eigenvalue weighted by molar-refractivity contribution is 7.48. The fourth-order valence-electron chi connectivity index (χ4n) is 1.32. The Kier molecular flexibility index (Phi) is 8.22. The SMILES string of the molecule is CC.CC.O=C1CPc2ccccc2C1. The highest BCUT2D eigenvalue weighted by Crippen LogP contribution is 2.19. The molecule has 1 heterocycles. The van der Waals surface area contributed by atoms with Crippen LogP contribution in [0.5, 0.6) is 0 Å². The van der Waals surface area contributed by atoms with Crippen LogP contribution in [0, 0.1) is 0 Å². The largest absolute Gasteiger partial charge is 0.299 e.